The number of nitrogens with zero attached hydrogens (tertiary/aromatic N) is 6. The highest BCUT2D eigenvalue weighted by Crippen LogP contribution is 2.34. The molecule has 0 saturated carbocycles. The van der Waals surface area contributed by atoms with E-state index in [0.717, 1.165) is 43.4 Å². The quantitative estimate of drug-likeness (QED) is 0.826. The first-order chi connectivity index (χ1) is 12.1. The molecule has 2 aliphatic rings. The van der Waals surface area contributed by atoms with Crippen molar-refractivity contribution < 1.29 is 9.53 Å². The molecule has 0 aromatic carbocycles. The fourth-order valence-electron chi connectivity index (χ4n) is 3.34. The largest absolute Gasteiger partial charge is 0.378 e. The number of amides is 1. The van der Waals surface area contributed by atoms with Crippen LogP contribution >= 0.6 is 0 Å². The average Bonchev–Trinajstić information content (AvgIpc) is 3.01. The second-order valence-electron chi connectivity index (χ2n) is 6.50. The normalized spacial score (nSPS) is 20.5. The van der Waals surface area contributed by atoms with E-state index in [1.54, 1.807) is 17.1 Å². The van der Waals surface area contributed by atoms with Crippen LogP contribution in [0.25, 0.3) is 0 Å². The number of hydrogen-bond donors (Lipinski definition) is 0. The number of carbonyl (C=O) groups is 1. The van der Waals surface area contributed by atoms with Crippen molar-refractivity contribution in [1.29, 1.82) is 0 Å². The van der Waals surface area contributed by atoms with E-state index in [4.69, 9.17) is 4.74 Å². The van der Waals surface area contributed by atoms with Gasteiger partial charge >= 0.3 is 0 Å². The minimum absolute atomic E-state index is 0.00791. The molecule has 132 valence electrons. The summed E-state index contributed by atoms with van der Waals surface area (Å²) >= 11 is 0. The van der Waals surface area contributed by atoms with Crippen molar-refractivity contribution in [2.75, 3.05) is 37.7 Å². The molecule has 0 N–H and O–H groups in total. The lowest BCUT2D eigenvalue weighted by Crippen LogP contribution is -2.45. The maximum Gasteiger partial charge on any atom is 0.257 e. The van der Waals surface area contributed by atoms with Gasteiger partial charge in [0.2, 0.25) is 0 Å². The molecule has 4 rings (SSSR count). The molecule has 0 radical (unpaired) electrons. The molecule has 2 aliphatic heterocycles. The molecule has 2 aromatic rings. The fraction of sp³-hybridized carbons (Fsp3) is 0.529. The number of anilines is 1. The van der Waals surface area contributed by atoms with Gasteiger partial charge in [-0.1, -0.05) is 0 Å². The van der Waals surface area contributed by atoms with Gasteiger partial charge in [0.1, 0.15) is 11.6 Å². The summed E-state index contributed by atoms with van der Waals surface area (Å²) in [5.74, 6) is 1.67. The third kappa shape index (κ3) is 3.09. The Morgan fingerprint density at radius 3 is 2.68 bits per heavy atom. The number of morpholine rings is 1. The maximum atomic E-state index is 12.7. The van der Waals surface area contributed by atoms with Crippen molar-refractivity contribution in [2.24, 2.45) is 7.05 Å². The topological polar surface area (TPSA) is 76.4 Å². The van der Waals surface area contributed by atoms with E-state index in [9.17, 15) is 4.79 Å². The molecule has 8 nitrogen and oxygen atoms in total. The van der Waals surface area contributed by atoms with Gasteiger partial charge in [-0.3, -0.25) is 9.48 Å². The van der Waals surface area contributed by atoms with Gasteiger partial charge in [-0.05, 0) is 13.3 Å². The summed E-state index contributed by atoms with van der Waals surface area (Å²) in [6.07, 6.45) is 4.29. The molecule has 2 aromatic heterocycles. The van der Waals surface area contributed by atoms with Gasteiger partial charge in [-0.25, -0.2) is 9.97 Å². The van der Waals surface area contributed by atoms with Crippen LogP contribution in [0, 0.1) is 6.92 Å². The molecule has 25 heavy (non-hydrogen) atoms. The van der Waals surface area contributed by atoms with Crippen LogP contribution in [-0.4, -0.2) is 63.4 Å². The fourth-order valence-corrected chi connectivity index (χ4v) is 3.34. The Morgan fingerprint density at radius 1 is 1.24 bits per heavy atom. The molecule has 0 unspecified atom stereocenters. The summed E-state index contributed by atoms with van der Waals surface area (Å²) in [4.78, 5) is 25.9. The van der Waals surface area contributed by atoms with Gasteiger partial charge in [-0.15, -0.1) is 0 Å². The molecular formula is C17H22N6O2. The summed E-state index contributed by atoms with van der Waals surface area (Å²) in [7, 11) is 1.81. The molecule has 1 amide bonds. The summed E-state index contributed by atoms with van der Waals surface area (Å²) in [5.41, 5.74) is 1.53. The van der Waals surface area contributed by atoms with E-state index >= 15 is 0 Å². The standard InChI is InChI=1S/C17H22N6O2/c1-12-19-14(9-16(20-12)22-5-7-25-8-6-22)15-3-4-23(15)17(24)13-10-18-21(2)11-13/h9-11,15H,3-8H2,1-2H3/t15-/m1/s1. The molecule has 8 heteroatoms. The van der Waals surface area contributed by atoms with Gasteiger partial charge in [0.15, 0.2) is 0 Å². The van der Waals surface area contributed by atoms with E-state index in [0.29, 0.717) is 18.8 Å². The highest BCUT2D eigenvalue weighted by molar-refractivity contribution is 5.94. The smallest absolute Gasteiger partial charge is 0.257 e. The molecule has 2 fully saturated rings. The van der Waals surface area contributed by atoms with Crippen LogP contribution in [0.3, 0.4) is 0 Å². The average molecular weight is 342 g/mol. The van der Waals surface area contributed by atoms with Crippen LogP contribution < -0.4 is 4.90 Å². The van der Waals surface area contributed by atoms with Crippen LogP contribution in [0.5, 0.6) is 0 Å². The van der Waals surface area contributed by atoms with Gasteiger partial charge in [0, 0.05) is 38.9 Å². The van der Waals surface area contributed by atoms with Crippen LogP contribution in [-0.2, 0) is 11.8 Å². The van der Waals surface area contributed by atoms with Crippen LogP contribution in [0.15, 0.2) is 18.5 Å². The van der Waals surface area contributed by atoms with E-state index in [-0.39, 0.29) is 11.9 Å². The highest BCUT2D eigenvalue weighted by Gasteiger charge is 2.36. The minimum atomic E-state index is 0.00791. The molecule has 2 saturated heterocycles. The van der Waals surface area contributed by atoms with Crippen molar-refractivity contribution in [3.05, 3.63) is 35.5 Å². The summed E-state index contributed by atoms with van der Waals surface area (Å²) in [6, 6.07) is 2.03. The first kappa shape index (κ1) is 16.0. The van der Waals surface area contributed by atoms with Crippen molar-refractivity contribution in [3.63, 3.8) is 0 Å². The molecular weight excluding hydrogens is 320 g/mol. The van der Waals surface area contributed by atoms with Crippen LogP contribution in [0.1, 0.15) is 34.3 Å². The third-order valence-corrected chi connectivity index (χ3v) is 4.75. The molecule has 0 spiro atoms. The number of aryl methyl sites for hydroxylation is 2. The maximum absolute atomic E-state index is 12.7. The third-order valence-electron chi connectivity index (χ3n) is 4.75. The van der Waals surface area contributed by atoms with Gasteiger partial charge in [-0.2, -0.15) is 5.10 Å². The molecule has 0 aliphatic carbocycles. The minimum Gasteiger partial charge on any atom is -0.378 e. The van der Waals surface area contributed by atoms with E-state index in [1.807, 2.05) is 24.9 Å². The van der Waals surface area contributed by atoms with Crippen molar-refractivity contribution in [2.45, 2.75) is 19.4 Å². The monoisotopic (exact) mass is 342 g/mol. The van der Waals surface area contributed by atoms with E-state index in [1.165, 1.54) is 0 Å². The second-order valence-corrected chi connectivity index (χ2v) is 6.50. The first-order valence-corrected chi connectivity index (χ1v) is 8.60. The Morgan fingerprint density at radius 2 is 2.04 bits per heavy atom. The molecule has 0 bridgehead atoms. The number of ether oxygens (including phenoxy) is 1. The summed E-state index contributed by atoms with van der Waals surface area (Å²) in [5, 5.41) is 4.09. The summed E-state index contributed by atoms with van der Waals surface area (Å²) < 4.78 is 7.06. The van der Waals surface area contributed by atoms with Gasteiger partial charge < -0.3 is 14.5 Å². The lowest BCUT2D eigenvalue weighted by molar-refractivity contribution is 0.0450. The van der Waals surface area contributed by atoms with Gasteiger partial charge in [0.05, 0.1) is 36.7 Å². The number of likely N-dealkylation sites (tertiary alicyclic amines) is 1. The number of rotatable bonds is 3. The zero-order chi connectivity index (χ0) is 17.4. The Labute approximate surface area is 146 Å². The van der Waals surface area contributed by atoms with E-state index in [2.05, 4.69) is 20.0 Å². The van der Waals surface area contributed by atoms with Crippen LogP contribution in [0.4, 0.5) is 5.82 Å². The predicted molar refractivity (Wildman–Crippen MR) is 91.4 cm³/mol. The summed E-state index contributed by atoms with van der Waals surface area (Å²) in [6.45, 7) is 5.74. The lowest BCUT2D eigenvalue weighted by atomic mass is 9.98. The number of carbonyl (C=O) groups excluding carboxylic acids is 1. The Kier molecular flexibility index (Phi) is 4.12. The Bertz CT molecular complexity index is 783. The number of hydrogen-bond acceptors (Lipinski definition) is 6. The first-order valence-electron chi connectivity index (χ1n) is 8.60. The van der Waals surface area contributed by atoms with Crippen molar-refractivity contribution >= 4 is 11.7 Å². The van der Waals surface area contributed by atoms with Crippen LogP contribution in [0.2, 0.25) is 0 Å². The van der Waals surface area contributed by atoms with Crippen molar-refractivity contribution in [1.82, 2.24) is 24.6 Å². The Balaban J connectivity index is 1.56. The van der Waals surface area contributed by atoms with E-state index < -0.39 is 0 Å². The predicted octanol–water partition coefficient (Wildman–Crippen LogP) is 0.942. The van der Waals surface area contributed by atoms with Crippen molar-refractivity contribution in [3.8, 4) is 0 Å². The Hall–Kier alpha value is -2.48. The molecule has 4 heterocycles. The highest BCUT2D eigenvalue weighted by atomic mass is 16.5. The SMILES string of the molecule is Cc1nc([C@H]2CCN2C(=O)c2cnn(C)c2)cc(N2CCOCC2)n1. The zero-order valence-electron chi connectivity index (χ0n) is 14.6. The number of aromatic nitrogens is 4. The molecule has 1 atom stereocenters. The zero-order valence-corrected chi connectivity index (χ0v) is 14.6. The van der Waals surface area contributed by atoms with Gasteiger partial charge in [0.25, 0.3) is 5.91 Å². The second kappa shape index (κ2) is 6.44. The lowest BCUT2D eigenvalue weighted by Gasteiger charge is -2.40.